The van der Waals surface area contributed by atoms with Gasteiger partial charge in [-0.05, 0) is 77.1 Å². The molecular weight excluding hydrogens is 416 g/mol. The minimum Gasteiger partial charge on any atom is -0.388 e. The molecule has 2 atom stereocenters. The zero-order valence-electron chi connectivity index (χ0n) is 16.3. The van der Waals surface area contributed by atoms with E-state index in [9.17, 15) is 5.11 Å². The first-order valence-electron chi connectivity index (χ1n) is 10.4. The van der Waals surface area contributed by atoms with Crippen molar-refractivity contribution >= 4 is 32.8 Å². The third-order valence-corrected chi connectivity index (χ3v) is 7.42. The van der Waals surface area contributed by atoms with Crippen LogP contribution in [0.4, 0.5) is 0 Å². The van der Waals surface area contributed by atoms with Gasteiger partial charge in [0.1, 0.15) is 0 Å². The molecule has 0 fully saturated rings. The number of hydrogen-bond donors (Lipinski definition) is 1. The van der Waals surface area contributed by atoms with Crippen LogP contribution in [0.2, 0.25) is 0 Å². The molecule has 0 radical (unpaired) electrons. The minimum atomic E-state index is -0.326. The second-order valence-corrected chi connectivity index (χ2v) is 9.65. The lowest BCUT2D eigenvalue weighted by Gasteiger charge is -2.17. The van der Waals surface area contributed by atoms with Crippen molar-refractivity contribution in [2.24, 2.45) is 5.92 Å². The highest BCUT2D eigenvalue weighted by Gasteiger charge is 2.25. The molecule has 1 aromatic carbocycles. The Labute approximate surface area is 176 Å². The predicted octanol–water partition coefficient (Wildman–Crippen LogP) is 7.90. The summed E-state index contributed by atoms with van der Waals surface area (Å²) in [5.74, 6) is 0.652. The molecule has 0 spiro atoms. The minimum absolute atomic E-state index is 0.326. The topological polar surface area (TPSA) is 20.2 Å². The number of thiophene rings is 1. The second kappa shape index (κ2) is 10.6. The molecular formula is C24H31BrOS. The number of aryl methyl sites for hydroxylation is 1. The summed E-state index contributed by atoms with van der Waals surface area (Å²) in [5, 5.41) is 12.6. The summed E-state index contributed by atoms with van der Waals surface area (Å²) >= 11 is 5.70. The van der Waals surface area contributed by atoms with Crippen LogP contribution in [0.15, 0.2) is 46.3 Å². The van der Waals surface area contributed by atoms with Gasteiger partial charge in [0.25, 0.3) is 0 Å². The molecule has 0 aliphatic heterocycles. The highest BCUT2D eigenvalue weighted by molar-refractivity contribution is 9.11. The van der Waals surface area contributed by atoms with Crippen molar-refractivity contribution in [2.75, 3.05) is 0 Å². The first-order chi connectivity index (χ1) is 13.2. The van der Waals surface area contributed by atoms with Crippen molar-refractivity contribution in [3.05, 3.63) is 62.3 Å². The van der Waals surface area contributed by atoms with Gasteiger partial charge >= 0.3 is 0 Å². The van der Waals surface area contributed by atoms with Gasteiger partial charge in [-0.25, -0.2) is 0 Å². The van der Waals surface area contributed by atoms with Crippen molar-refractivity contribution in [3.63, 3.8) is 0 Å². The van der Waals surface area contributed by atoms with E-state index in [4.69, 9.17) is 0 Å². The molecule has 0 saturated carbocycles. The summed E-state index contributed by atoms with van der Waals surface area (Å²) in [7, 11) is 0. The van der Waals surface area contributed by atoms with Crippen LogP contribution in [-0.4, -0.2) is 5.11 Å². The molecule has 1 nitrogen and oxygen atoms in total. The molecule has 146 valence electrons. The van der Waals surface area contributed by atoms with Crippen molar-refractivity contribution in [2.45, 2.75) is 70.8 Å². The summed E-state index contributed by atoms with van der Waals surface area (Å²) in [4.78, 5) is 1.50. The number of unbranched alkanes of at least 4 members (excludes halogenated alkanes) is 2. The van der Waals surface area contributed by atoms with Gasteiger partial charge in [0.05, 0.1) is 6.10 Å². The molecule has 1 aliphatic rings. The lowest BCUT2D eigenvalue weighted by atomic mass is 9.89. The number of aliphatic hydroxyl groups excluding tert-OH is 1. The summed E-state index contributed by atoms with van der Waals surface area (Å²) in [6.07, 6.45) is 10.1. The Bertz CT molecular complexity index is 717. The third-order valence-electron chi connectivity index (χ3n) is 5.66. The maximum Gasteiger partial charge on any atom is 0.0790 e. The van der Waals surface area contributed by atoms with E-state index in [1.165, 1.54) is 59.0 Å². The maximum atomic E-state index is 10.4. The van der Waals surface area contributed by atoms with Crippen molar-refractivity contribution in [1.82, 2.24) is 0 Å². The fourth-order valence-electron chi connectivity index (χ4n) is 4.10. The average Bonchev–Trinajstić information content (AvgIpc) is 3.32. The molecule has 2 aromatic rings. The van der Waals surface area contributed by atoms with E-state index >= 15 is 0 Å². The monoisotopic (exact) mass is 446 g/mol. The standard InChI is InChI=1S/C24H31BrOS/c1-2-3-4-10-23(26)18-11-13-20(14-12-18)24-19(15-16-22(24)25)7-5-8-21-9-6-17-27-21/h6,9,11-14,17,19,23,26H,2-5,7-8,10,15-16H2,1H3/t19-,23?/m0/s1. The van der Waals surface area contributed by atoms with E-state index in [-0.39, 0.29) is 6.10 Å². The fourth-order valence-corrected chi connectivity index (χ4v) is 5.63. The van der Waals surface area contributed by atoms with E-state index in [0.29, 0.717) is 5.92 Å². The van der Waals surface area contributed by atoms with Crippen molar-refractivity contribution < 1.29 is 5.11 Å². The van der Waals surface area contributed by atoms with Crippen LogP contribution >= 0.6 is 27.3 Å². The zero-order valence-corrected chi connectivity index (χ0v) is 18.7. The van der Waals surface area contributed by atoms with Crippen LogP contribution in [0, 0.1) is 5.92 Å². The largest absolute Gasteiger partial charge is 0.388 e. The lowest BCUT2D eigenvalue weighted by Crippen LogP contribution is -2.02. The van der Waals surface area contributed by atoms with Gasteiger partial charge in [-0.1, -0.05) is 72.4 Å². The van der Waals surface area contributed by atoms with Crippen LogP contribution in [0.3, 0.4) is 0 Å². The SMILES string of the molecule is CCCCCC(O)c1ccc(C2=C(Br)CC[C@@H]2CCCc2cccs2)cc1. The second-order valence-electron chi connectivity index (χ2n) is 7.66. The highest BCUT2D eigenvalue weighted by Crippen LogP contribution is 2.44. The molecule has 1 heterocycles. The molecule has 0 amide bonds. The normalized spacial score (nSPS) is 18.3. The van der Waals surface area contributed by atoms with E-state index in [0.717, 1.165) is 24.8 Å². The predicted molar refractivity (Wildman–Crippen MR) is 121 cm³/mol. The lowest BCUT2D eigenvalue weighted by molar-refractivity contribution is 0.163. The Balaban J connectivity index is 1.60. The van der Waals surface area contributed by atoms with E-state index in [1.807, 2.05) is 11.3 Å². The summed E-state index contributed by atoms with van der Waals surface area (Å²) in [6, 6.07) is 13.1. The molecule has 27 heavy (non-hydrogen) atoms. The van der Waals surface area contributed by atoms with Gasteiger partial charge in [0.2, 0.25) is 0 Å². The van der Waals surface area contributed by atoms with Gasteiger partial charge in [-0.15, -0.1) is 11.3 Å². The molecule has 3 rings (SSSR count). The molecule has 1 unspecified atom stereocenters. The van der Waals surface area contributed by atoms with E-state index in [1.54, 1.807) is 0 Å². The first-order valence-corrected chi connectivity index (χ1v) is 12.1. The number of halogens is 1. The number of hydrogen-bond acceptors (Lipinski definition) is 2. The third kappa shape index (κ3) is 5.79. The molecule has 0 bridgehead atoms. The molecule has 3 heteroatoms. The number of benzene rings is 1. The van der Waals surface area contributed by atoms with Crippen molar-refractivity contribution in [3.8, 4) is 0 Å². The smallest absolute Gasteiger partial charge is 0.0790 e. The Morgan fingerprint density at radius 3 is 2.67 bits per heavy atom. The molecule has 1 N–H and O–H groups in total. The van der Waals surface area contributed by atoms with E-state index in [2.05, 4.69) is 64.6 Å². The van der Waals surface area contributed by atoms with Gasteiger partial charge in [-0.2, -0.15) is 0 Å². The van der Waals surface area contributed by atoms with Gasteiger partial charge in [-0.3, -0.25) is 0 Å². The summed E-state index contributed by atoms with van der Waals surface area (Å²) < 4.78 is 1.37. The number of aliphatic hydroxyl groups is 1. The Morgan fingerprint density at radius 2 is 1.96 bits per heavy atom. The van der Waals surface area contributed by atoms with Crippen molar-refractivity contribution in [1.29, 1.82) is 0 Å². The van der Waals surface area contributed by atoms with Crippen LogP contribution in [0.5, 0.6) is 0 Å². The van der Waals surface area contributed by atoms with Gasteiger partial charge in [0.15, 0.2) is 0 Å². The Kier molecular flexibility index (Phi) is 8.17. The van der Waals surface area contributed by atoms with Crippen LogP contribution in [0.1, 0.15) is 80.4 Å². The van der Waals surface area contributed by atoms with Gasteiger partial charge < -0.3 is 5.11 Å². The van der Waals surface area contributed by atoms with Crippen LogP contribution in [-0.2, 0) is 6.42 Å². The molecule has 0 saturated heterocycles. The number of rotatable bonds is 10. The molecule has 1 aromatic heterocycles. The Morgan fingerprint density at radius 1 is 1.15 bits per heavy atom. The zero-order chi connectivity index (χ0) is 19.1. The fraction of sp³-hybridized carbons (Fsp3) is 0.500. The number of allylic oxidation sites excluding steroid dienone is 2. The Hall–Kier alpha value is -0.900. The first kappa shape index (κ1) is 20.8. The maximum absolute atomic E-state index is 10.4. The molecule has 1 aliphatic carbocycles. The summed E-state index contributed by atoms with van der Waals surface area (Å²) in [5.41, 5.74) is 3.87. The van der Waals surface area contributed by atoms with Crippen LogP contribution in [0.25, 0.3) is 5.57 Å². The summed E-state index contributed by atoms with van der Waals surface area (Å²) in [6.45, 7) is 2.20. The highest BCUT2D eigenvalue weighted by atomic mass is 79.9. The van der Waals surface area contributed by atoms with Crippen LogP contribution < -0.4 is 0 Å². The quantitative estimate of drug-likeness (QED) is 0.367. The average molecular weight is 447 g/mol. The van der Waals surface area contributed by atoms with Gasteiger partial charge in [0, 0.05) is 4.88 Å². The van der Waals surface area contributed by atoms with E-state index < -0.39 is 0 Å².